The summed E-state index contributed by atoms with van der Waals surface area (Å²) in [6, 6.07) is 0. The van der Waals surface area contributed by atoms with Crippen LogP contribution in [0.1, 0.15) is 13.3 Å². The van der Waals surface area contributed by atoms with Crippen molar-refractivity contribution in [3.8, 4) is 0 Å². The summed E-state index contributed by atoms with van der Waals surface area (Å²) in [4.78, 5) is 7.97. The fourth-order valence-electron chi connectivity index (χ4n) is 0.750. The number of halogens is 1. The van der Waals surface area contributed by atoms with Crippen molar-refractivity contribution < 1.29 is 0 Å². The number of aromatic nitrogens is 2. The summed E-state index contributed by atoms with van der Waals surface area (Å²) in [5.74, 6) is 0.775. The molecule has 0 saturated heterocycles. The molecule has 1 unspecified atom stereocenters. The molecule has 4 heteroatoms. The molecule has 12 heavy (non-hydrogen) atoms. The maximum absolute atomic E-state index is 5.90. The molecule has 3 nitrogen and oxygen atoms in total. The highest BCUT2D eigenvalue weighted by molar-refractivity contribution is 6.20. The second kappa shape index (κ2) is 4.93. The number of rotatable bonds is 4. The van der Waals surface area contributed by atoms with E-state index < -0.39 is 0 Å². The molecule has 66 valence electrons. The van der Waals surface area contributed by atoms with Gasteiger partial charge in [-0.1, -0.05) is 6.92 Å². The standard InChI is InChI=1S/C8H12ClN3/c1-2-7(9)5-12-8-6-10-3-4-11-8/h3-4,6-7H,2,5H2,1H3,(H,11,12). The molecule has 0 amide bonds. The Balaban J connectivity index is 2.33. The third-order valence-corrected chi connectivity index (χ3v) is 1.97. The first-order valence-electron chi connectivity index (χ1n) is 3.97. The molecule has 1 aromatic heterocycles. The van der Waals surface area contributed by atoms with Gasteiger partial charge in [0.2, 0.25) is 0 Å². The molecular formula is C8H12ClN3. The highest BCUT2D eigenvalue weighted by Gasteiger charge is 2.00. The van der Waals surface area contributed by atoms with Crippen molar-refractivity contribution in [3.63, 3.8) is 0 Å². The molecule has 0 fully saturated rings. The number of hydrogen-bond donors (Lipinski definition) is 1. The Hall–Kier alpha value is -0.830. The summed E-state index contributed by atoms with van der Waals surface area (Å²) in [5, 5.41) is 3.25. The van der Waals surface area contributed by atoms with Crippen molar-refractivity contribution in [1.82, 2.24) is 9.97 Å². The first-order valence-corrected chi connectivity index (χ1v) is 4.40. The minimum absolute atomic E-state index is 0.159. The molecule has 0 aromatic carbocycles. The van der Waals surface area contributed by atoms with Crippen LogP contribution in [0, 0.1) is 0 Å². The summed E-state index contributed by atoms with van der Waals surface area (Å²) >= 11 is 5.90. The smallest absolute Gasteiger partial charge is 0.144 e. The minimum Gasteiger partial charge on any atom is -0.367 e. The number of nitrogens with one attached hydrogen (secondary N) is 1. The molecule has 1 rings (SSSR count). The van der Waals surface area contributed by atoms with Crippen molar-refractivity contribution in [2.24, 2.45) is 0 Å². The normalized spacial score (nSPS) is 12.5. The van der Waals surface area contributed by atoms with Crippen LogP contribution in [0.3, 0.4) is 0 Å². The highest BCUT2D eigenvalue weighted by atomic mass is 35.5. The van der Waals surface area contributed by atoms with Gasteiger partial charge in [0.1, 0.15) is 5.82 Å². The van der Waals surface area contributed by atoms with Crippen molar-refractivity contribution in [3.05, 3.63) is 18.6 Å². The second-order valence-corrected chi connectivity index (χ2v) is 3.09. The number of anilines is 1. The van der Waals surface area contributed by atoms with Gasteiger partial charge in [-0.2, -0.15) is 0 Å². The fraction of sp³-hybridized carbons (Fsp3) is 0.500. The molecule has 1 atom stereocenters. The van der Waals surface area contributed by atoms with Gasteiger partial charge in [-0.3, -0.25) is 4.98 Å². The molecule has 1 N–H and O–H groups in total. The summed E-state index contributed by atoms with van der Waals surface area (Å²) in [7, 11) is 0. The first-order chi connectivity index (χ1) is 5.83. The van der Waals surface area contributed by atoms with E-state index in [1.54, 1.807) is 18.6 Å². The largest absolute Gasteiger partial charge is 0.367 e. The quantitative estimate of drug-likeness (QED) is 0.729. The van der Waals surface area contributed by atoms with E-state index >= 15 is 0 Å². The van der Waals surface area contributed by atoms with Crippen LogP contribution in [0.15, 0.2) is 18.6 Å². The zero-order valence-electron chi connectivity index (χ0n) is 7.00. The predicted molar refractivity (Wildman–Crippen MR) is 50.5 cm³/mol. The molecule has 0 bridgehead atoms. The maximum Gasteiger partial charge on any atom is 0.144 e. The van der Waals surface area contributed by atoms with Gasteiger partial charge in [-0.05, 0) is 6.42 Å². The maximum atomic E-state index is 5.90. The Morgan fingerprint density at radius 1 is 1.58 bits per heavy atom. The third-order valence-electron chi connectivity index (χ3n) is 1.51. The minimum atomic E-state index is 0.159. The number of nitrogens with zero attached hydrogens (tertiary/aromatic N) is 2. The molecule has 0 aliphatic carbocycles. The van der Waals surface area contributed by atoms with Crippen molar-refractivity contribution >= 4 is 17.4 Å². The SMILES string of the molecule is CCC(Cl)CNc1cnccn1. The van der Waals surface area contributed by atoms with Crippen molar-refractivity contribution in [1.29, 1.82) is 0 Å². The van der Waals surface area contributed by atoms with Gasteiger partial charge in [-0.25, -0.2) is 4.98 Å². The lowest BCUT2D eigenvalue weighted by Crippen LogP contribution is -2.13. The summed E-state index contributed by atoms with van der Waals surface area (Å²) in [6.45, 7) is 2.78. The van der Waals surface area contributed by atoms with Gasteiger partial charge in [0.05, 0.1) is 11.6 Å². The Bertz CT molecular complexity index is 215. The van der Waals surface area contributed by atoms with Gasteiger partial charge >= 0.3 is 0 Å². The Morgan fingerprint density at radius 2 is 2.42 bits per heavy atom. The molecule has 0 aliphatic rings. The summed E-state index contributed by atoms with van der Waals surface area (Å²) < 4.78 is 0. The molecule has 0 radical (unpaired) electrons. The monoisotopic (exact) mass is 185 g/mol. The van der Waals surface area contributed by atoms with E-state index in [1.807, 2.05) is 0 Å². The van der Waals surface area contributed by atoms with Gasteiger partial charge in [0.15, 0.2) is 0 Å². The van der Waals surface area contributed by atoms with E-state index in [0.29, 0.717) is 0 Å². The summed E-state index contributed by atoms with van der Waals surface area (Å²) in [6.07, 6.45) is 5.93. The van der Waals surface area contributed by atoms with Crippen LogP contribution in [0.4, 0.5) is 5.82 Å². The van der Waals surface area contributed by atoms with Crippen molar-refractivity contribution in [2.45, 2.75) is 18.7 Å². The highest BCUT2D eigenvalue weighted by Crippen LogP contribution is 2.03. The Morgan fingerprint density at radius 3 is 3.00 bits per heavy atom. The molecule has 1 heterocycles. The Labute approximate surface area is 77.2 Å². The molecule has 0 aliphatic heterocycles. The van der Waals surface area contributed by atoms with Crippen LogP contribution >= 0.6 is 11.6 Å². The van der Waals surface area contributed by atoms with Crippen LogP contribution in [0.5, 0.6) is 0 Å². The predicted octanol–water partition coefficient (Wildman–Crippen LogP) is 1.91. The number of alkyl halides is 1. The average Bonchev–Trinajstić information content (AvgIpc) is 2.16. The number of hydrogen-bond acceptors (Lipinski definition) is 3. The lowest BCUT2D eigenvalue weighted by molar-refractivity contribution is 0.839. The van der Waals surface area contributed by atoms with Crippen molar-refractivity contribution in [2.75, 3.05) is 11.9 Å². The first kappa shape index (κ1) is 9.26. The van der Waals surface area contributed by atoms with E-state index in [-0.39, 0.29) is 5.38 Å². The lowest BCUT2D eigenvalue weighted by atomic mass is 10.3. The molecule has 1 aromatic rings. The average molecular weight is 186 g/mol. The van der Waals surface area contributed by atoms with E-state index in [0.717, 1.165) is 18.8 Å². The zero-order chi connectivity index (χ0) is 8.81. The fourth-order valence-corrected chi connectivity index (χ4v) is 0.827. The topological polar surface area (TPSA) is 37.8 Å². The van der Waals surface area contributed by atoms with Gasteiger partial charge < -0.3 is 5.32 Å². The Kier molecular flexibility index (Phi) is 3.80. The van der Waals surface area contributed by atoms with Gasteiger partial charge in [0, 0.05) is 18.9 Å². The lowest BCUT2D eigenvalue weighted by Gasteiger charge is -2.07. The van der Waals surface area contributed by atoms with Crippen LogP contribution in [-0.4, -0.2) is 21.9 Å². The van der Waals surface area contributed by atoms with Crippen LogP contribution in [0.2, 0.25) is 0 Å². The zero-order valence-corrected chi connectivity index (χ0v) is 7.75. The molecule has 0 saturated carbocycles. The van der Waals surface area contributed by atoms with Crippen LogP contribution in [0.25, 0.3) is 0 Å². The van der Waals surface area contributed by atoms with E-state index in [4.69, 9.17) is 11.6 Å². The van der Waals surface area contributed by atoms with Gasteiger partial charge in [0.25, 0.3) is 0 Å². The van der Waals surface area contributed by atoms with E-state index in [9.17, 15) is 0 Å². The molecule has 0 spiro atoms. The van der Waals surface area contributed by atoms with E-state index in [2.05, 4.69) is 22.2 Å². The molecular weight excluding hydrogens is 174 g/mol. The van der Waals surface area contributed by atoms with Crippen LogP contribution < -0.4 is 5.32 Å². The van der Waals surface area contributed by atoms with E-state index in [1.165, 1.54) is 0 Å². The van der Waals surface area contributed by atoms with Crippen LogP contribution in [-0.2, 0) is 0 Å². The van der Waals surface area contributed by atoms with Gasteiger partial charge in [-0.15, -0.1) is 11.6 Å². The summed E-state index contributed by atoms with van der Waals surface area (Å²) in [5.41, 5.74) is 0. The third kappa shape index (κ3) is 3.05. The second-order valence-electron chi connectivity index (χ2n) is 2.48.